The lowest BCUT2D eigenvalue weighted by atomic mass is 10.1. The Morgan fingerprint density at radius 2 is 2.15 bits per heavy atom. The number of imidazole rings is 1. The second-order valence-corrected chi connectivity index (χ2v) is 4.91. The predicted octanol–water partition coefficient (Wildman–Crippen LogP) is 3.24. The van der Waals surface area contributed by atoms with E-state index in [1.54, 1.807) is 0 Å². The van der Waals surface area contributed by atoms with Crippen LogP contribution in [0.5, 0.6) is 0 Å². The van der Waals surface area contributed by atoms with Crippen LogP contribution in [0.3, 0.4) is 0 Å². The second kappa shape index (κ2) is 5.74. The fourth-order valence-electron chi connectivity index (χ4n) is 2.36. The van der Waals surface area contributed by atoms with Crippen molar-refractivity contribution in [2.45, 2.75) is 19.9 Å². The van der Waals surface area contributed by atoms with E-state index < -0.39 is 0 Å². The Labute approximate surface area is 118 Å². The van der Waals surface area contributed by atoms with Gasteiger partial charge in [-0.2, -0.15) is 0 Å². The molecule has 0 aliphatic carbocycles. The van der Waals surface area contributed by atoms with E-state index in [9.17, 15) is 0 Å². The van der Waals surface area contributed by atoms with Crippen LogP contribution in [0.2, 0.25) is 0 Å². The summed E-state index contributed by atoms with van der Waals surface area (Å²) in [5.41, 5.74) is 3.25. The number of fused-ring (bicyclic) bond motifs is 1. The third kappa shape index (κ3) is 2.79. The molecule has 3 aromatic rings. The number of nitrogens with zero attached hydrogens (tertiary/aromatic N) is 3. The second-order valence-electron chi connectivity index (χ2n) is 4.91. The number of rotatable bonds is 5. The van der Waals surface area contributed by atoms with E-state index in [-0.39, 0.29) is 0 Å². The van der Waals surface area contributed by atoms with Crippen LogP contribution in [-0.4, -0.2) is 21.1 Å². The van der Waals surface area contributed by atoms with Crippen LogP contribution in [0.4, 0.5) is 5.69 Å². The number of aryl methyl sites for hydroxylation is 2. The quantitative estimate of drug-likeness (QED) is 0.721. The molecule has 0 bridgehead atoms. The van der Waals surface area contributed by atoms with Gasteiger partial charge in [0.15, 0.2) is 0 Å². The number of anilines is 1. The first-order valence-electron chi connectivity index (χ1n) is 6.89. The SMILES string of the molecule is Cc1cc(NCCCn2ccnc2)c2ccccc2n1. The molecule has 0 saturated heterocycles. The fourth-order valence-corrected chi connectivity index (χ4v) is 2.36. The molecule has 0 atom stereocenters. The van der Waals surface area contributed by atoms with Crippen LogP contribution in [0.1, 0.15) is 12.1 Å². The van der Waals surface area contributed by atoms with E-state index in [2.05, 4.69) is 44.1 Å². The van der Waals surface area contributed by atoms with Crippen molar-refractivity contribution in [2.75, 3.05) is 11.9 Å². The number of para-hydroxylation sites is 1. The number of pyridine rings is 1. The highest BCUT2D eigenvalue weighted by atomic mass is 15.0. The zero-order chi connectivity index (χ0) is 13.8. The van der Waals surface area contributed by atoms with E-state index in [1.807, 2.05) is 31.7 Å². The Bertz CT molecular complexity index is 689. The summed E-state index contributed by atoms with van der Waals surface area (Å²) < 4.78 is 2.09. The minimum Gasteiger partial charge on any atom is -0.384 e. The molecule has 0 aliphatic heterocycles. The maximum atomic E-state index is 4.55. The first-order valence-corrected chi connectivity index (χ1v) is 6.89. The summed E-state index contributed by atoms with van der Waals surface area (Å²) in [6, 6.07) is 10.4. The molecule has 20 heavy (non-hydrogen) atoms. The molecular weight excluding hydrogens is 248 g/mol. The van der Waals surface area contributed by atoms with Crippen molar-refractivity contribution in [3.8, 4) is 0 Å². The van der Waals surface area contributed by atoms with E-state index in [0.29, 0.717) is 0 Å². The number of aromatic nitrogens is 3. The van der Waals surface area contributed by atoms with Gasteiger partial charge in [-0.1, -0.05) is 18.2 Å². The minimum atomic E-state index is 0.936. The highest BCUT2D eigenvalue weighted by Crippen LogP contribution is 2.22. The van der Waals surface area contributed by atoms with Crippen molar-refractivity contribution in [2.24, 2.45) is 0 Å². The highest BCUT2D eigenvalue weighted by molar-refractivity contribution is 5.91. The molecule has 3 rings (SSSR count). The molecule has 0 saturated carbocycles. The number of hydrogen-bond donors (Lipinski definition) is 1. The minimum absolute atomic E-state index is 0.936. The molecule has 102 valence electrons. The lowest BCUT2D eigenvalue weighted by Gasteiger charge is -2.11. The molecule has 4 heteroatoms. The summed E-state index contributed by atoms with van der Waals surface area (Å²) >= 11 is 0. The van der Waals surface area contributed by atoms with Crippen molar-refractivity contribution in [3.05, 3.63) is 54.7 Å². The summed E-state index contributed by atoms with van der Waals surface area (Å²) in [4.78, 5) is 8.60. The maximum absolute atomic E-state index is 4.55. The van der Waals surface area contributed by atoms with Crippen molar-refractivity contribution in [1.29, 1.82) is 0 Å². The zero-order valence-electron chi connectivity index (χ0n) is 11.6. The van der Waals surface area contributed by atoms with Gasteiger partial charge in [-0.15, -0.1) is 0 Å². The molecule has 1 aromatic carbocycles. The Hall–Kier alpha value is -2.36. The van der Waals surface area contributed by atoms with Crippen molar-refractivity contribution in [1.82, 2.24) is 14.5 Å². The van der Waals surface area contributed by atoms with Crippen LogP contribution in [0, 0.1) is 6.92 Å². The standard InChI is InChI=1S/C16H18N4/c1-13-11-16(14-5-2-3-6-15(14)19-13)18-7-4-9-20-10-8-17-12-20/h2-3,5-6,8,10-12H,4,7,9H2,1H3,(H,18,19). The topological polar surface area (TPSA) is 42.7 Å². The average Bonchev–Trinajstić information content (AvgIpc) is 2.96. The molecule has 0 fully saturated rings. The molecule has 2 heterocycles. The Morgan fingerprint density at radius 1 is 1.25 bits per heavy atom. The van der Waals surface area contributed by atoms with Gasteiger partial charge in [-0.25, -0.2) is 4.98 Å². The van der Waals surface area contributed by atoms with E-state index in [4.69, 9.17) is 0 Å². The molecule has 0 radical (unpaired) electrons. The van der Waals surface area contributed by atoms with Crippen LogP contribution >= 0.6 is 0 Å². The average molecular weight is 266 g/mol. The first-order chi connectivity index (χ1) is 9.83. The van der Waals surface area contributed by atoms with Gasteiger partial charge < -0.3 is 9.88 Å². The molecular formula is C16H18N4. The van der Waals surface area contributed by atoms with E-state index >= 15 is 0 Å². The summed E-state index contributed by atoms with van der Waals surface area (Å²) in [6.07, 6.45) is 6.72. The Kier molecular flexibility index (Phi) is 3.63. The third-order valence-corrected chi connectivity index (χ3v) is 3.31. The summed E-state index contributed by atoms with van der Waals surface area (Å²) in [7, 11) is 0. The van der Waals surface area contributed by atoms with Gasteiger partial charge in [0.2, 0.25) is 0 Å². The summed E-state index contributed by atoms with van der Waals surface area (Å²) in [5, 5.41) is 4.70. The van der Waals surface area contributed by atoms with Crippen molar-refractivity contribution in [3.63, 3.8) is 0 Å². The van der Waals surface area contributed by atoms with Crippen molar-refractivity contribution < 1.29 is 0 Å². The zero-order valence-corrected chi connectivity index (χ0v) is 11.6. The molecule has 0 amide bonds. The third-order valence-electron chi connectivity index (χ3n) is 3.31. The molecule has 0 aliphatic rings. The van der Waals surface area contributed by atoms with E-state index in [0.717, 1.165) is 30.7 Å². The van der Waals surface area contributed by atoms with Crippen LogP contribution in [0.15, 0.2) is 49.1 Å². The fraction of sp³-hybridized carbons (Fsp3) is 0.250. The molecule has 0 unspecified atom stereocenters. The highest BCUT2D eigenvalue weighted by Gasteiger charge is 2.02. The number of benzene rings is 1. The van der Waals surface area contributed by atoms with Gasteiger partial charge in [0, 0.05) is 42.3 Å². The van der Waals surface area contributed by atoms with Crippen molar-refractivity contribution >= 4 is 16.6 Å². The maximum Gasteiger partial charge on any atom is 0.0945 e. The van der Waals surface area contributed by atoms with E-state index in [1.165, 1.54) is 11.1 Å². The van der Waals surface area contributed by atoms with Crippen LogP contribution in [-0.2, 0) is 6.54 Å². The molecule has 0 spiro atoms. The predicted molar refractivity (Wildman–Crippen MR) is 81.8 cm³/mol. The van der Waals surface area contributed by atoms with Crippen LogP contribution < -0.4 is 5.32 Å². The van der Waals surface area contributed by atoms with Gasteiger partial charge in [0.25, 0.3) is 0 Å². The van der Waals surface area contributed by atoms with Gasteiger partial charge in [0.1, 0.15) is 0 Å². The van der Waals surface area contributed by atoms with Gasteiger partial charge in [-0.05, 0) is 25.5 Å². The first kappa shape index (κ1) is 12.7. The number of hydrogen-bond acceptors (Lipinski definition) is 3. The van der Waals surface area contributed by atoms with Gasteiger partial charge in [-0.3, -0.25) is 4.98 Å². The molecule has 4 nitrogen and oxygen atoms in total. The molecule has 1 N–H and O–H groups in total. The summed E-state index contributed by atoms with van der Waals surface area (Å²) in [6.45, 7) is 3.95. The largest absolute Gasteiger partial charge is 0.384 e. The lowest BCUT2D eigenvalue weighted by Crippen LogP contribution is -2.06. The summed E-state index contributed by atoms with van der Waals surface area (Å²) in [5.74, 6) is 0. The molecule has 2 aromatic heterocycles. The van der Waals surface area contributed by atoms with Gasteiger partial charge in [0.05, 0.1) is 11.8 Å². The lowest BCUT2D eigenvalue weighted by molar-refractivity contribution is 0.661. The van der Waals surface area contributed by atoms with Crippen LogP contribution in [0.25, 0.3) is 10.9 Å². The monoisotopic (exact) mass is 266 g/mol. The normalized spacial score (nSPS) is 10.8. The van der Waals surface area contributed by atoms with Gasteiger partial charge >= 0.3 is 0 Å². The smallest absolute Gasteiger partial charge is 0.0945 e. The Balaban J connectivity index is 1.68. The number of nitrogens with one attached hydrogen (secondary N) is 1. The Morgan fingerprint density at radius 3 is 3.00 bits per heavy atom.